The molecule has 0 radical (unpaired) electrons. The molecule has 9 heteroatoms. The minimum Gasteiger partial charge on any atom is -0.444 e. The predicted octanol–water partition coefficient (Wildman–Crippen LogP) is 5.53. The first-order valence-corrected chi connectivity index (χ1v) is 11.6. The number of nitrogens with one attached hydrogen (secondary N) is 3. The zero-order valence-electron chi connectivity index (χ0n) is 21.6. The van der Waals surface area contributed by atoms with E-state index in [1.54, 1.807) is 11.9 Å². The summed E-state index contributed by atoms with van der Waals surface area (Å²) in [4.78, 5) is 35.0. The third-order valence-corrected chi connectivity index (χ3v) is 5.01. The number of anilines is 3. The van der Waals surface area contributed by atoms with Gasteiger partial charge in [0.05, 0.1) is 5.69 Å². The molecule has 0 bridgehead atoms. The van der Waals surface area contributed by atoms with Gasteiger partial charge in [-0.3, -0.25) is 5.32 Å². The van der Waals surface area contributed by atoms with Crippen molar-refractivity contribution in [2.45, 2.75) is 66.4 Å². The van der Waals surface area contributed by atoms with Gasteiger partial charge in [0, 0.05) is 31.9 Å². The summed E-state index contributed by atoms with van der Waals surface area (Å²) in [6.45, 7) is 14.7. The van der Waals surface area contributed by atoms with Crippen molar-refractivity contribution in [1.29, 1.82) is 0 Å². The molecule has 34 heavy (non-hydrogen) atoms. The van der Waals surface area contributed by atoms with E-state index in [2.05, 4.69) is 25.9 Å². The molecule has 1 heterocycles. The van der Waals surface area contributed by atoms with E-state index < -0.39 is 11.6 Å². The van der Waals surface area contributed by atoms with Crippen molar-refractivity contribution < 1.29 is 14.3 Å². The summed E-state index contributed by atoms with van der Waals surface area (Å²) in [6, 6.07) is 7.20. The molecule has 0 aliphatic heterocycles. The summed E-state index contributed by atoms with van der Waals surface area (Å²) in [5, 5.41) is 8.80. The van der Waals surface area contributed by atoms with E-state index in [-0.39, 0.29) is 18.0 Å². The summed E-state index contributed by atoms with van der Waals surface area (Å²) in [7, 11) is 1.71. The van der Waals surface area contributed by atoms with Gasteiger partial charge in [-0.05, 0) is 70.2 Å². The van der Waals surface area contributed by atoms with Crippen molar-refractivity contribution in [3.8, 4) is 0 Å². The molecule has 0 aliphatic carbocycles. The minimum atomic E-state index is -0.522. The van der Waals surface area contributed by atoms with Crippen LogP contribution in [-0.2, 0) is 4.74 Å². The largest absolute Gasteiger partial charge is 0.444 e. The van der Waals surface area contributed by atoms with Crippen LogP contribution in [0.4, 0.5) is 27.0 Å². The molecule has 3 amide bonds. The number of hydrogen-bond donors (Lipinski definition) is 3. The van der Waals surface area contributed by atoms with E-state index in [1.807, 2.05) is 72.7 Å². The van der Waals surface area contributed by atoms with E-state index in [0.29, 0.717) is 31.0 Å². The Morgan fingerprint density at radius 1 is 1.06 bits per heavy atom. The van der Waals surface area contributed by atoms with Gasteiger partial charge < -0.3 is 20.3 Å². The predicted molar refractivity (Wildman–Crippen MR) is 137 cm³/mol. The Balaban J connectivity index is 1.96. The number of aromatic nitrogens is 2. The van der Waals surface area contributed by atoms with Crippen LogP contribution in [0.3, 0.4) is 0 Å². The first-order chi connectivity index (χ1) is 15.8. The second-order valence-corrected chi connectivity index (χ2v) is 9.72. The molecule has 3 N–H and O–H groups in total. The zero-order valence-corrected chi connectivity index (χ0v) is 21.6. The number of urea groups is 1. The third-order valence-electron chi connectivity index (χ3n) is 5.01. The van der Waals surface area contributed by atoms with E-state index in [9.17, 15) is 9.59 Å². The van der Waals surface area contributed by atoms with E-state index in [0.717, 1.165) is 16.8 Å². The van der Waals surface area contributed by atoms with Gasteiger partial charge in [-0.25, -0.2) is 14.6 Å². The van der Waals surface area contributed by atoms with Crippen LogP contribution in [0.15, 0.2) is 24.3 Å². The van der Waals surface area contributed by atoms with Crippen molar-refractivity contribution in [3.05, 3.63) is 41.1 Å². The summed E-state index contributed by atoms with van der Waals surface area (Å²) in [6.07, 6.45) is 0.352. The Kier molecular flexibility index (Phi) is 9.23. The summed E-state index contributed by atoms with van der Waals surface area (Å²) in [5.41, 5.74) is 3.25. The first-order valence-electron chi connectivity index (χ1n) is 11.6. The maximum atomic E-state index is 12.5. The average Bonchev–Trinajstić information content (AvgIpc) is 2.72. The zero-order chi connectivity index (χ0) is 25.5. The number of hydrogen-bond acceptors (Lipinski definition) is 6. The van der Waals surface area contributed by atoms with Crippen molar-refractivity contribution >= 4 is 29.6 Å². The number of rotatable bonds is 8. The highest BCUT2D eigenvalue weighted by molar-refractivity contribution is 5.98. The second-order valence-electron chi connectivity index (χ2n) is 9.72. The van der Waals surface area contributed by atoms with Crippen molar-refractivity contribution in [1.82, 2.24) is 14.9 Å². The Morgan fingerprint density at radius 3 is 2.38 bits per heavy atom. The summed E-state index contributed by atoms with van der Waals surface area (Å²) < 4.78 is 5.36. The van der Waals surface area contributed by atoms with Crippen LogP contribution >= 0.6 is 0 Å². The molecule has 186 valence electrons. The highest BCUT2D eigenvalue weighted by Crippen LogP contribution is 2.19. The van der Waals surface area contributed by atoms with Crippen LogP contribution in [0.2, 0.25) is 0 Å². The molecule has 0 atom stereocenters. The SMILES string of the molecule is Cc1ccc(NC(=O)Nc2nc(NCCCN(C)C(=O)OC(C)(C)C)cc(C(C)C)n2)cc1C. The van der Waals surface area contributed by atoms with Crippen molar-refractivity contribution in [3.63, 3.8) is 0 Å². The fourth-order valence-corrected chi connectivity index (χ4v) is 2.96. The lowest BCUT2D eigenvalue weighted by atomic mass is 10.1. The van der Waals surface area contributed by atoms with Gasteiger partial charge in [0.15, 0.2) is 0 Å². The van der Waals surface area contributed by atoms with E-state index in [4.69, 9.17) is 4.74 Å². The minimum absolute atomic E-state index is 0.158. The summed E-state index contributed by atoms with van der Waals surface area (Å²) in [5.74, 6) is 0.992. The Hall–Kier alpha value is -3.36. The van der Waals surface area contributed by atoms with E-state index >= 15 is 0 Å². The fraction of sp³-hybridized carbons (Fsp3) is 0.520. The van der Waals surface area contributed by atoms with Crippen LogP contribution < -0.4 is 16.0 Å². The standard InChI is InChI=1S/C25H38N6O3/c1-16(2)20-15-21(26-12-9-13-31(8)24(33)34-25(5,6)7)29-22(28-20)30-23(32)27-19-11-10-17(3)18(4)14-19/h10-11,14-16H,9,12-13H2,1-8H3,(H3,26,27,28,29,30,32). The number of carbonyl (C=O) groups is 2. The van der Waals surface area contributed by atoms with Gasteiger partial charge in [0.1, 0.15) is 11.4 Å². The third kappa shape index (κ3) is 8.88. The highest BCUT2D eigenvalue weighted by Gasteiger charge is 2.19. The second kappa shape index (κ2) is 11.7. The molecule has 0 saturated heterocycles. The van der Waals surface area contributed by atoms with Crippen LogP contribution in [-0.4, -0.2) is 52.7 Å². The van der Waals surface area contributed by atoms with E-state index in [1.165, 1.54) is 0 Å². The number of carbonyl (C=O) groups excluding carboxylic acids is 2. The number of nitrogens with zero attached hydrogens (tertiary/aromatic N) is 3. The molecular formula is C25H38N6O3. The topological polar surface area (TPSA) is 108 Å². The molecule has 2 rings (SSSR count). The Morgan fingerprint density at radius 2 is 1.76 bits per heavy atom. The van der Waals surface area contributed by atoms with Gasteiger partial charge in [0.25, 0.3) is 0 Å². The molecule has 0 aliphatic rings. The quantitative estimate of drug-likeness (QED) is 0.438. The van der Waals surface area contributed by atoms with Crippen LogP contribution in [0.1, 0.15) is 63.8 Å². The average molecular weight is 471 g/mol. The molecule has 9 nitrogen and oxygen atoms in total. The molecule has 0 saturated carbocycles. The lowest BCUT2D eigenvalue weighted by Gasteiger charge is -2.24. The monoisotopic (exact) mass is 470 g/mol. The highest BCUT2D eigenvalue weighted by atomic mass is 16.6. The summed E-state index contributed by atoms with van der Waals surface area (Å²) >= 11 is 0. The van der Waals surface area contributed by atoms with Gasteiger partial charge >= 0.3 is 12.1 Å². The Bertz CT molecular complexity index is 1000. The van der Waals surface area contributed by atoms with Crippen molar-refractivity contribution in [2.75, 3.05) is 36.1 Å². The lowest BCUT2D eigenvalue weighted by molar-refractivity contribution is 0.0298. The van der Waals surface area contributed by atoms with Gasteiger partial charge in [-0.1, -0.05) is 19.9 Å². The fourth-order valence-electron chi connectivity index (χ4n) is 2.96. The van der Waals surface area contributed by atoms with Crippen LogP contribution in [0, 0.1) is 13.8 Å². The molecule has 0 unspecified atom stereocenters. The molecule has 1 aromatic heterocycles. The number of amides is 3. The maximum Gasteiger partial charge on any atom is 0.410 e. The van der Waals surface area contributed by atoms with Crippen molar-refractivity contribution in [2.24, 2.45) is 0 Å². The first kappa shape index (κ1) is 26.9. The molecule has 2 aromatic rings. The van der Waals surface area contributed by atoms with Gasteiger partial charge in [0.2, 0.25) is 5.95 Å². The molecule has 0 spiro atoms. The lowest BCUT2D eigenvalue weighted by Crippen LogP contribution is -2.35. The van der Waals surface area contributed by atoms with Gasteiger partial charge in [-0.15, -0.1) is 0 Å². The van der Waals surface area contributed by atoms with Crippen LogP contribution in [0.25, 0.3) is 0 Å². The van der Waals surface area contributed by atoms with Crippen LogP contribution in [0.5, 0.6) is 0 Å². The number of benzene rings is 1. The maximum absolute atomic E-state index is 12.5. The number of aryl methyl sites for hydroxylation is 2. The molecule has 0 fully saturated rings. The smallest absolute Gasteiger partial charge is 0.410 e. The molecular weight excluding hydrogens is 432 g/mol. The normalized spacial score (nSPS) is 11.2. The van der Waals surface area contributed by atoms with Gasteiger partial charge in [-0.2, -0.15) is 4.98 Å². The number of ether oxygens (including phenoxy) is 1. The Labute approximate surface area is 202 Å². The molecule has 1 aromatic carbocycles.